The Hall–Kier alpha value is -0.806. The zero-order chi connectivity index (χ0) is 10.1. The van der Waals surface area contributed by atoms with Crippen molar-refractivity contribution in [3.8, 4) is 0 Å². The molecule has 0 aromatic heterocycles. The normalized spacial score (nSPS) is 9.23. The lowest BCUT2D eigenvalue weighted by Crippen LogP contribution is -2.27. The van der Waals surface area contributed by atoms with E-state index in [2.05, 4.69) is 8.85 Å². The first-order chi connectivity index (χ1) is 6.13. The standard InChI is InChI=1S/C4H8O7Si2/c5-12(6)10-3-1-9-2-4-11-13(7)8/h1-4H2/q-2. The molecule has 7 nitrogen and oxygen atoms in total. The molecule has 9 heteroatoms. The Labute approximate surface area is 77.7 Å². The van der Waals surface area contributed by atoms with Gasteiger partial charge in [-0.15, -0.1) is 0 Å². The predicted molar refractivity (Wildman–Crippen MR) is 35.6 cm³/mol. The summed E-state index contributed by atoms with van der Waals surface area (Å²) in [6.07, 6.45) is 0. The van der Waals surface area contributed by atoms with Crippen LogP contribution < -0.4 is 9.59 Å². The summed E-state index contributed by atoms with van der Waals surface area (Å²) in [4.78, 5) is 19.7. The molecule has 76 valence electrons. The summed E-state index contributed by atoms with van der Waals surface area (Å²) in [7, 11) is -6.29. The smallest absolute Gasteiger partial charge is 0.413 e. The molecule has 0 amide bonds. The molecule has 0 radical (unpaired) electrons. The van der Waals surface area contributed by atoms with Crippen molar-refractivity contribution in [2.75, 3.05) is 26.4 Å². The van der Waals surface area contributed by atoms with Crippen molar-refractivity contribution in [3.05, 3.63) is 0 Å². The van der Waals surface area contributed by atoms with Crippen molar-refractivity contribution in [2.45, 2.75) is 0 Å². The van der Waals surface area contributed by atoms with Crippen molar-refractivity contribution in [3.63, 3.8) is 0 Å². The van der Waals surface area contributed by atoms with Crippen LogP contribution in [-0.4, -0.2) is 44.8 Å². The van der Waals surface area contributed by atoms with Gasteiger partial charge in [0.15, 0.2) is 0 Å². The van der Waals surface area contributed by atoms with Crippen LogP contribution in [0.5, 0.6) is 0 Å². The van der Waals surface area contributed by atoms with Gasteiger partial charge in [-0.3, -0.25) is 0 Å². The van der Waals surface area contributed by atoms with Gasteiger partial charge in [0.2, 0.25) is 0 Å². The third kappa shape index (κ3) is 11.2. The lowest BCUT2D eigenvalue weighted by molar-refractivity contribution is -0.230. The van der Waals surface area contributed by atoms with Gasteiger partial charge >= 0.3 is 18.3 Å². The monoisotopic (exact) mass is 224 g/mol. The fourth-order valence-electron chi connectivity index (χ4n) is 0.470. The average Bonchev–Trinajstić information content (AvgIpc) is 2.01. The summed E-state index contributed by atoms with van der Waals surface area (Å²) < 4.78 is 32.9. The van der Waals surface area contributed by atoms with Crippen LogP contribution in [0.2, 0.25) is 0 Å². The van der Waals surface area contributed by atoms with Crippen molar-refractivity contribution in [1.82, 2.24) is 0 Å². The molecule has 0 bridgehead atoms. The van der Waals surface area contributed by atoms with E-state index in [-0.39, 0.29) is 26.4 Å². The maximum Gasteiger partial charge on any atom is 0.413 e. The highest BCUT2D eigenvalue weighted by Gasteiger charge is 1.89. The second kappa shape index (κ2) is 7.82. The Balaban J connectivity index is 3.00. The molecular weight excluding hydrogens is 216 g/mol. The van der Waals surface area contributed by atoms with Crippen LogP contribution in [0.15, 0.2) is 0 Å². The van der Waals surface area contributed by atoms with Crippen molar-refractivity contribution in [2.24, 2.45) is 0 Å². The Bertz CT molecular complexity index is 154. The summed E-state index contributed by atoms with van der Waals surface area (Å²) >= 11 is 0. The van der Waals surface area contributed by atoms with Crippen molar-refractivity contribution < 1.29 is 32.1 Å². The van der Waals surface area contributed by atoms with Crippen molar-refractivity contribution in [1.29, 1.82) is 0 Å². The van der Waals surface area contributed by atoms with Gasteiger partial charge in [0, 0.05) is 13.2 Å². The number of hydrogen-bond donors (Lipinski definition) is 0. The largest absolute Gasteiger partial charge is 0.586 e. The molecule has 0 aliphatic carbocycles. The van der Waals surface area contributed by atoms with Gasteiger partial charge in [0.1, 0.15) is 0 Å². The van der Waals surface area contributed by atoms with E-state index in [4.69, 9.17) is 4.74 Å². The second-order valence-electron chi connectivity index (χ2n) is 1.81. The minimum atomic E-state index is -3.15. The van der Waals surface area contributed by atoms with Gasteiger partial charge in [-0.2, -0.15) is 0 Å². The summed E-state index contributed by atoms with van der Waals surface area (Å²) in [5.41, 5.74) is 0. The van der Waals surface area contributed by atoms with Gasteiger partial charge in [-0.05, 0) is 0 Å². The Morgan fingerprint density at radius 1 is 0.846 bits per heavy atom. The summed E-state index contributed by atoms with van der Waals surface area (Å²) in [5.74, 6) is 0. The van der Waals surface area contributed by atoms with E-state index < -0.39 is 18.3 Å². The molecule has 0 saturated heterocycles. The molecule has 0 saturated carbocycles. The summed E-state index contributed by atoms with van der Waals surface area (Å²) in [5, 5.41) is 0. The van der Waals surface area contributed by atoms with Crippen LogP contribution in [0.1, 0.15) is 0 Å². The van der Waals surface area contributed by atoms with Crippen LogP contribution in [-0.2, 0) is 22.5 Å². The van der Waals surface area contributed by atoms with Gasteiger partial charge in [0.05, 0.1) is 13.2 Å². The molecule has 0 aromatic carbocycles. The van der Waals surface area contributed by atoms with Crippen LogP contribution in [0, 0.1) is 0 Å². The molecule has 13 heavy (non-hydrogen) atoms. The van der Waals surface area contributed by atoms with E-state index >= 15 is 0 Å². The van der Waals surface area contributed by atoms with Crippen LogP contribution in [0.25, 0.3) is 0 Å². The van der Waals surface area contributed by atoms with E-state index in [9.17, 15) is 18.5 Å². The molecule has 0 atom stereocenters. The molecule has 0 rings (SSSR count). The Morgan fingerprint density at radius 3 is 1.54 bits per heavy atom. The first kappa shape index (κ1) is 12.2. The highest BCUT2D eigenvalue weighted by atomic mass is 28.3. The zero-order valence-corrected chi connectivity index (χ0v) is 8.69. The molecular formula is C4H8O7Si2-2. The molecule has 0 heterocycles. The minimum absolute atomic E-state index is 0.0617. The van der Waals surface area contributed by atoms with Crippen LogP contribution in [0.4, 0.5) is 0 Å². The number of rotatable bonds is 8. The number of hydrogen-bond acceptors (Lipinski definition) is 7. The van der Waals surface area contributed by atoms with Gasteiger partial charge < -0.3 is 32.1 Å². The highest BCUT2D eigenvalue weighted by molar-refractivity contribution is 6.22. The van der Waals surface area contributed by atoms with Crippen molar-refractivity contribution >= 4 is 18.3 Å². The Kier molecular flexibility index (Phi) is 7.34. The molecule has 0 fully saturated rings. The maximum atomic E-state index is 9.87. The quantitative estimate of drug-likeness (QED) is 0.312. The first-order valence-corrected chi connectivity index (χ1v) is 5.83. The first-order valence-electron chi connectivity index (χ1n) is 3.38. The van der Waals surface area contributed by atoms with E-state index in [1.54, 1.807) is 0 Å². The third-order valence-corrected chi connectivity index (χ3v) is 1.77. The topological polar surface area (TPSA) is 108 Å². The molecule has 0 aliphatic heterocycles. The molecule has 0 spiro atoms. The van der Waals surface area contributed by atoms with Crippen LogP contribution in [0.3, 0.4) is 0 Å². The minimum Gasteiger partial charge on any atom is -0.586 e. The Morgan fingerprint density at radius 2 is 1.23 bits per heavy atom. The number of ether oxygens (including phenoxy) is 1. The fraction of sp³-hybridized carbons (Fsp3) is 1.00. The van der Waals surface area contributed by atoms with E-state index in [1.165, 1.54) is 0 Å². The van der Waals surface area contributed by atoms with Gasteiger partial charge in [-0.25, -0.2) is 0 Å². The van der Waals surface area contributed by atoms with Gasteiger partial charge in [-0.1, -0.05) is 0 Å². The van der Waals surface area contributed by atoms with E-state index in [0.29, 0.717) is 0 Å². The van der Waals surface area contributed by atoms with E-state index in [0.717, 1.165) is 0 Å². The predicted octanol–water partition coefficient (Wildman–Crippen LogP) is -3.41. The highest BCUT2D eigenvalue weighted by Crippen LogP contribution is 1.78. The molecule has 0 aromatic rings. The second-order valence-corrected chi connectivity index (χ2v) is 3.39. The lowest BCUT2D eigenvalue weighted by Gasteiger charge is -2.10. The van der Waals surface area contributed by atoms with E-state index in [1.807, 2.05) is 0 Å². The SMILES string of the molecule is O=[Si]([O-])OCCOCCO[Si](=O)[O-]. The average molecular weight is 224 g/mol. The zero-order valence-electron chi connectivity index (χ0n) is 6.69. The third-order valence-electron chi connectivity index (χ3n) is 0.895. The summed E-state index contributed by atoms with van der Waals surface area (Å²) in [6.45, 7) is 0.0469. The lowest BCUT2D eigenvalue weighted by atomic mass is 10.7. The molecule has 0 unspecified atom stereocenters. The molecule has 0 aliphatic rings. The van der Waals surface area contributed by atoms with Gasteiger partial charge in [0.25, 0.3) is 0 Å². The summed E-state index contributed by atoms with van der Waals surface area (Å²) in [6, 6.07) is 0. The maximum absolute atomic E-state index is 9.87. The fourth-order valence-corrected chi connectivity index (χ4v) is 0.970. The van der Waals surface area contributed by atoms with Crippen LogP contribution >= 0.6 is 0 Å². The molecule has 0 N–H and O–H groups in total.